The zero-order valence-corrected chi connectivity index (χ0v) is 14.6. The number of amides is 2. The van der Waals surface area contributed by atoms with Crippen LogP contribution in [0.5, 0.6) is 0 Å². The van der Waals surface area contributed by atoms with E-state index in [2.05, 4.69) is 10.3 Å². The van der Waals surface area contributed by atoms with Crippen LogP contribution >= 0.6 is 0 Å². The number of hydrogen-bond donors (Lipinski definition) is 2. The Bertz CT molecular complexity index is 962. The van der Waals surface area contributed by atoms with E-state index in [0.29, 0.717) is 12.7 Å². The number of carbonyl (C=O) groups excluding carboxylic acids is 2. The molecule has 10 heteroatoms. The largest absolute Gasteiger partial charge is 0.416 e. The highest BCUT2D eigenvalue weighted by atomic mass is 19.4. The summed E-state index contributed by atoms with van der Waals surface area (Å²) in [6.45, 7) is 2.40. The average molecular weight is 392 g/mol. The van der Waals surface area contributed by atoms with Crippen LogP contribution in [0.1, 0.15) is 38.9 Å². The number of carbonyl (C=O) groups is 2. The standard InChI is InChI=1S/C18H15F3N4O3/c1-10-8-25(28-9-10)17(27)12-3-13(18(19,20)21)5-14(4-12)24-16(26)15-2-11(6-22)7-23-15/h2-5,7,10,23H,8-9H2,1H3,(H,24,26). The molecule has 2 amide bonds. The number of nitrogens with zero attached hydrogens (tertiary/aromatic N) is 2. The molecule has 2 N–H and O–H groups in total. The summed E-state index contributed by atoms with van der Waals surface area (Å²) in [4.78, 5) is 32.5. The number of halogens is 3. The molecule has 0 saturated carbocycles. The van der Waals surface area contributed by atoms with Gasteiger partial charge >= 0.3 is 6.18 Å². The second-order valence-corrected chi connectivity index (χ2v) is 6.43. The number of benzene rings is 1. The summed E-state index contributed by atoms with van der Waals surface area (Å²) in [5.74, 6) is -1.40. The highest BCUT2D eigenvalue weighted by Gasteiger charge is 2.33. The highest BCUT2D eigenvalue weighted by molar-refractivity contribution is 6.04. The number of aromatic nitrogens is 1. The maximum Gasteiger partial charge on any atom is 0.416 e. The maximum absolute atomic E-state index is 13.2. The van der Waals surface area contributed by atoms with E-state index in [1.165, 1.54) is 12.3 Å². The van der Waals surface area contributed by atoms with Crippen molar-refractivity contribution in [3.63, 3.8) is 0 Å². The number of nitrogens with one attached hydrogen (secondary N) is 2. The lowest BCUT2D eigenvalue weighted by molar-refractivity contribution is -0.137. The lowest BCUT2D eigenvalue weighted by Gasteiger charge is -2.17. The van der Waals surface area contributed by atoms with E-state index in [1.54, 1.807) is 0 Å². The minimum Gasteiger partial charge on any atom is -0.356 e. The Morgan fingerprint density at radius 3 is 2.64 bits per heavy atom. The first-order valence-electron chi connectivity index (χ1n) is 8.24. The molecule has 1 aromatic carbocycles. The third-order valence-electron chi connectivity index (χ3n) is 4.04. The number of nitriles is 1. The van der Waals surface area contributed by atoms with Gasteiger partial charge < -0.3 is 10.3 Å². The molecule has 146 valence electrons. The van der Waals surface area contributed by atoms with Crippen LogP contribution in [0.2, 0.25) is 0 Å². The van der Waals surface area contributed by atoms with Gasteiger partial charge in [-0.3, -0.25) is 14.4 Å². The summed E-state index contributed by atoms with van der Waals surface area (Å²) in [7, 11) is 0. The van der Waals surface area contributed by atoms with E-state index in [9.17, 15) is 22.8 Å². The molecular formula is C18H15F3N4O3. The second kappa shape index (κ2) is 7.36. The van der Waals surface area contributed by atoms with E-state index in [-0.39, 0.29) is 35.0 Å². The first-order chi connectivity index (χ1) is 13.2. The fraction of sp³-hybridized carbons (Fsp3) is 0.278. The molecule has 1 aliphatic heterocycles. The lowest BCUT2D eigenvalue weighted by atomic mass is 10.1. The van der Waals surface area contributed by atoms with Gasteiger partial charge in [0.25, 0.3) is 11.8 Å². The summed E-state index contributed by atoms with van der Waals surface area (Å²) >= 11 is 0. The Kier molecular flexibility index (Phi) is 5.11. The van der Waals surface area contributed by atoms with Gasteiger partial charge in [-0.1, -0.05) is 6.92 Å². The summed E-state index contributed by atoms with van der Waals surface area (Å²) in [5, 5.41) is 12.1. The molecule has 3 rings (SSSR count). The topological polar surface area (TPSA) is 98.2 Å². The number of hydroxylamine groups is 2. The lowest BCUT2D eigenvalue weighted by Crippen LogP contribution is -2.28. The number of aromatic amines is 1. The van der Waals surface area contributed by atoms with Crippen molar-refractivity contribution < 1.29 is 27.6 Å². The molecular weight excluding hydrogens is 377 g/mol. The first kappa shape index (κ1) is 19.4. The van der Waals surface area contributed by atoms with Crippen molar-refractivity contribution in [3.8, 4) is 6.07 Å². The third kappa shape index (κ3) is 4.15. The van der Waals surface area contributed by atoms with Crippen LogP contribution in [0, 0.1) is 17.2 Å². The molecule has 1 aliphatic rings. The SMILES string of the molecule is CC1CON(C(=O)c2cc(NC(=O)c3cc(C#N)c[nH]3)cc(C(F)(F)F)c2)C1. The maximum atomic E-state index is 13.2. The Morgan fingerprint density at radius 2 is 2.07 bits per heavy atom. The van der Waals surface area contributed by atoms with Crippen LogP contribution in [-0.4, -0.2) is 35.0 Å². The molecule has 2 aromatic rings. The monoisotopic (exact) mass is 392 g/mol. The fourth-order valence-electron chi connectivity index (χ4n) is 2.67. The number of hydrogen-bond acceptors (Lipinski definition) is 4. The predicted molar refractivity (Wildman–Crippen MR) is 91.1 cm³/mol. The van der Waals surface area contributed by atoms with Crippen LogP contribution in [0.3, 0.4) is 0 Å². The van der Waals surface area contributed by atoms with Gasteiger partial charge in [0.2, 0.25) is 0 Å². The zero-order chi connectivity index (χ0) is 20.5. The molecule has 0 spiro atoms. The summed E-state index contributed by atoms with van der Waals surface area (Å²) in [5.41, 5.74) is -1.35. The summed E-state index contributed by atoms with van der Waals surface area (Å²) in [6.07, 6.45) is -3.42. The first-order valence-corrected chi connectivity index (χ1v) is 8.24. The molecule has 7 nitrogen and oxygen atoms in total. The van der Waals surface area contributed by atoms with Crippen molar-refractivity contribution in [3.05, 3.63) is 52.8 Å². The number of H-pyrrole nitrogens is 1. The van der Waals surface area contributed by atoms with Gasteiger partial charge in [-0.25, -0.2) is 5.06 Å². The minimum atomic E-state index is -4.71. The van der Waals surface area contributed by atoms with Crippen LogP contribution in [0.4, 0.5) is 18.9 Å². The molecule has 1 unspecified atom stereocenters. The van der Waals surface area contributed by atoms with Gasteiger partial charge in [0.05, 0.1) is 24.3 Å². The number of anilines is 1. The van der Waals surface area contributed by atoms with Gasteiger partial charge in [0.15, 0.2) is 0 Å². The Balaban J connectivity index is 1.90. The van der Waals surface area contributed by atoms with Crippen LogP contribution in [-0.2, 0) is 11.0 Å². The normalized spacial score (nSPS) is 16.7. The van der Waals surface area contributed by atoms with E-state index < -0.39 is 23.6 Å². The molecule has 1 saturated heterocycles. The summed E-state index contributed by atoms with van der Waals surface area (Å²) in [6, 6.07) is 5.68. The van der Waals surface area contributed by atoms with Crippen LogP contribution in [0.25, 0.3) is 0 Å². The number of rotatable bonds is 3. The van der Waals surface area contributed by atoms with Crippen LogP contribution in [0.15, 0.2) is 30.5 Å². The van der Waals surface area contributed by atoms with Gasteiger partial charge in [-0.15, -0.1) is 0 Å². The smallest absolute Gasteiger partial charge is 0.356 e. The molecule has 1 aromatic heterocycles. The Morgan fingerprint density at radius 1 is 1.32 bits per heavy atom. The minimum absolute atomic E-state index is 0.00135. The van der Waals surface area contributed by atoms with Crippen molar-refractivity contribution in [1.82, 2.24) is 10.0 Å². The van der Waals surface area contributed by atoms with E-state index in [4.69, 9.17) is 10.1 Å². The van der Waals surface area contributed by atoms with Crippen molar-refractivity contribution in [2.24, 2.45) is 5.92 Å². The number of alkyl halides is 3. The Hall–Kier alpha value is -3.32. The zero-order valence-electron chi connectivity index (χ0n) is 14.6. The molecule has 2 heterocycles. The van der Waals surface area contributed by atoms with Gasteiger partial charge in [0.1, 0.15) is 11.8 Å². The summed E-state index contributed by atoms with van der Waals surface area (Å²) < 4.78 is 39.7. The molecule has 28 heavy (non-hydrogen) atoms. The quantitative estimate of drug-likeness (QED) is 0.838. The van der Waals surface area contributed by atoms with Crippen molar-refractivity contribution in [2.45, 2.75) is 13.1 Å². The second-order valence-electron chi connectivity index (χ2n) is 6.43. The molecule has 1 fully saturated rings. The van der Waals surface area contributed by atoms with Gasteiger partial charge in [-0.05, 0) is 24.3 Å². The van der Waals surface area contributed by atoms with Crippen molar-refractivity contribution in [1.29, 1.82) is 5.26 Å². The highest BCUT2D eigenvalue weighted by Crippen LogP contribution is 2.33. The van der Waals surface area contributed by atoms with E-state index in [1.807, 2.05) is 13.0 Å². The average Bonchev–Trinajstić information content (AvgIpc) is 3.29. The molecule has 1 atom stereocenters. The van der Waals surface area contributed by atoms with Crippen LogP contribution < -0.4 is 5.32 Å². The van der Waals surface area contributed by atoms with Gasteiger partial charge in [-0.2, -0.15) is 18.4 Å². The van der Waals surface area contributed by atoms with Crippen molar-refractivity contribution in [2.75, 3.05) is 18.5 Å². The predicted octanol–water partition coefficient (Wildman–Crippen LogP) is 3.18. The molecule has 0 bridgehead atoms. The van der Waals surface area contributed by atoms with Crippen molar-refractivity contribution >= 4 is 17.5 Å². The van der Waals surface area contributed by atoms with E-state index in [0.717, 1.165) is 17.2 Å². The fourth-order valence-corrected chi connectivity index (χ4v) is 2.67. The molecule has 0 radical (unpaired) electrons. The van der Waals surface area contributed by atoms with E-state index >= 15 is 0 Å². The van der Waals surface area contributed by atoms with Gasteiger partial charge in [0, 0.05) is 23.4 Å². The molecule has 0 aliphatic carbocycles. The third-order valence-corrected chi connectivity index (χ3v) is 4.04. The Labute approximate surface area is 157 Å².